The second kappa shape index (κ2) is 10.5. The quantitative estimate of drug-likeness (QED) is 0.417. The van der Waals surface area contributed by atoms with Crippen molar-refractivity contribution in [2.45, 2.75) is 0 Å². The van der Waals surface area contributed by atoms with Crippen molar-refractivity contribution in [1.82, 2.24) is 0 Å². The van der Waals surface area contributed by atoms with Gasteiger partial charge in [0.1, 0.15) is 0 Å². The van der Waals surface area contributed by atoms with E-state index in [1.54, 1.807) is 0 Å². The fourth-order valence-electron chi connectivity index (χ4n) is 0. The van der Waals surface area contributed by atoms with E-state index in [1.807, 2.05) is 0 Å². The maximum absolute atomic E-state index is 5.00. The van der Waals surface area contributed by atoms with Gasteiger partial charge in [-0.1, -0.05) is 0 Å². The molecule has 0 spiro atoms. The van der Waals surface area contributed by atoms with Crippen LogP contribution in [0.1, 0.15) is 0 Å². The second-order valence-corrected chi connectivity index (χ2v) is 19.0. The molecule has 2 nitrogen and oxygen atoms in total. The molecule has 0 amide bonds. The summed E-state index contributed by atoms with van der Waals surface area (Å²) in [7, 11) is 20.0. The van der Waals surface area contributed by atoms with Gasteiger partial charge in [0.25, 0.3) is 0 Å². The molecule has 0 radical (unpaired) electrons. The van der Waals surface area contributed by atoms with Crippen molar-refractivity contribution < 1.29 is 75.1 Å². The van der Waals surface area contributed by atoms with Crippen LogP contribution in [-0.4, -0.2) is 11.0 Å². The molecule has 0 aliphatic heterocycles. The van der Waals surface area contributed by atoms with Gasteiger partial charge >= 0.3 is 101 Å². The average Bonchev–Trinajstić information content (AvgIpc) is 0.722. The molecular weight excluding hydrogens is 410 g/mol. The molecule has 0 atom stereocenters. The maximum atomic E-state index is 5.00. The van der Waals surface area contributed by atoms with E-state index < -0.39 is 12.8 Å². The zero-order valence-electron chi connectivity index (χ0n) is 3.81. The molecule has 0 heterocycles. The van der Waals surface area contributed by atoms with E-state index in [1.165, 1.54) is 0 Å². The number of rotatable bonds is 0. The van der Waals surface area contributed by atoms with Crippen molar-refractivity contribution in [3.63, 3.8) is 0 Å². The summed E-state index contributed by atoms with van der Waals surface area (Å²) in [6.45, 7) is 0. The van der Waals surface area contributed by atoms with Gasteiger partial charge in [0, 0.05) is 0 Å². The molecule has 8 heteroatoms. The summed E-state index contributed by atoms with van der Waals surface area (Å²) in [6, 6.07) is 0. The summed E-state index contributed by atoms with van der Waals surface area (Å²) in [5.74, 6) is 0. The molecule has 0 aliphatic rings. The smallest absolute Gasteiger partial charge is 1.00 e. The Labute approximate surface area is 109 Å². The fourth-order valence-corrected chi connectivity index (χ4v) is 0. The Morgan fingerprint density at radius 2 is 0.750 bits per heavy atom. The molecule has 0 aromatic carbocycles. The Morgan fingerprint density at radius 1 is 0.750 bits per heavy atom. The van der Waals surface area contributed by atoms with Crippen LogP contribution in [0.5, 0.6) is 0 Å². The first-order valence-electron chi connectivity index (χ1n) is 0.456. The molecule has 0 saturated heterocycles. The maximum Gasteiger partial charge on any atom is 1.00 e. The predicted octanol–water partition coefficient (Wildman–Crippen LogP) is -1.89. The van der Waals surface area contributed by atoms with E-state index in [9.17, 15) is 0 Å². The zero-order chi connectivity index (χ0) is 4.50. The molecule has 0 rings (SSSR count). The molecule has 0 aromatic heterocycles. The van der Waals surface area contributed by atoms with Crippen molar-refractivity contribution in [3.8, 4) is 0 Å². The van der Waals surface area contributed by atoms with Crippen molar-refractivity contribution >= 4 is 36.8 Å². The first-order valence-corrected chi connectivity index (χ1v) is 11.2. The topological polar surface area (TPSA) is 63.0 Å². The fraction of sp³-hybridized carbons (Fsp3) is 0. The van der Waals surface area contributed by atoms with Crippen molar-refractivity contribution in [2.75, 3.05) is 0 Å². The van der Waals surface area contributed by atoms with Crippen LogP contribution in [0.3, 0.4) is 0 Å². The van der Waals surface area contributed by atoms with Gasteiger partial charge in [0.05, 0.1) is 0 Å². The second-order valence-electron chi connectivity index (χ2n) is 0.258. The monoisotopic (exact) mass is 412 g/mol. The van der Waals surface area contributed by atoms with Crippen LogP contribution in [0.25, 0.3) is 0 Å². The van der Waals surface area contributed by atoms with E-state index in [2.05, 4.69) is 0 Å². The van der Waals surface area contributed by atoms with Crippen LogP contribution in [-0.2, 0) is 12.8 Å². The summed E-state index contributed by atoms with van der Waals surface area (Å²) < 4.78 is 0. The molecule has 4 N–H and O–H groups in total. The van der Waals surface area contributed by atoms with Gasteiger partial charge in [-0.2, -0.15) is 0 Å². The van der Waals surface area contributed by atoms with Gasteiger partial charge in [-0.15, -0.1) is 0 Å². The number of hydrogen-bond donors (Lipinski definition) is 0. The Bertz CT molecular complexity index is 29.5. The molecule has 8 heavy (non-hydrogen) atoms. The summed E-state index contributed by atoms with van der Waals surface area (Å²) >= 11 is -3.00. The first kappa shape index (κ1) is 22.5. The molecule has 0 saturated carbocycles. The van der Waals surface area contributed by atoms with Gasteiger partial charge < -0.3 is 11.0 Å². The zero-order valence-corrected chi connectivity index (χ0v) is 12.1. The number of halogens is 4. The standard InChI is InChI=1S/Au.4ClH.K.2H2O/h;4*1H;;2*1H2/q+3;;;;;+1;;/p-4. The Morgan fingerprint density at radius 3 is 0.750 bits per heavy atom. The summed E-state index contributed by atoms with van der Waals surface area (Å²) in [6.07, 6.45) is 0. The molecule has 0 bridgehead atoms. The molecule has 0 aromatic rings. The van der Waals surface area contributed by atoms with E-state index in [-0.39, 0.29) is 62.3 Å². The van der Waals surface area contributed by atoms with Crippen LogP contribution in [0.4, 0.5) is 0 Å². The van der Waals surface area contributed by atoms with Crippen LogP contribution < -0.4 is 51.4 Å². The van der Waals surface area contributed by atoms with E-state index in [4.69, 9.17) is 36.8 Å². The van der Waals surface area contributed by atoms with Crippen molar-refractivity contribution in [1.29, 1.82) is 0 Å². The largest absolute Gasteiger partial charge is 1.00 e. The minimum absolute atomic E-state index is 0. The minimum Gasteiger partial charge on any atom is 1.00 e. The Balaban J connectivity index is -0.0000000267. The molecule has 0 fully saturated rings. The first-order chi connectivity index (χ1) is 2.00. The SMILES string of the molecule is O.O.[Cl][Au-]([Cl])([Cl])[Cl].[K+]. The molecule has 0 aliphatic carbocycles. The average molecular weight is 414 g/mol. The van der Waals surface area contributed by atoms with Crippen molar-refractivity contribution in [3.05, 3.63) is 0 Å². The molecule has 56 valence electrons. The summed E-state index contributed by atoms with van der Waals surface area (Å²) in [5, 5.41) is 0. The van der Waals surface area contributed by atoms with Gasteiger partial charge in [-0.25, -0.2) is 0 Å². The third-order valence-electron chi connectivity index (χ3n) is 0. The summed E-state index contributed by atoms with van der Waals surface area (Å²) in [5.41, 5.74) is 0. The minimum atomic E-state index is -3.00. The Kier molecular flexibility index (Phi) is 29.4. The van der Waals surface area contributed by atoms with Gasteiger partial charge in [-0.05, 0) is 0 Å². The van der Waals surface area contributed by atoms with Crippen LogP contribution in [0, 0.1) is 0 Å². The third kappa shape index (κ3) is 56.6. The van der Waals surface area contributed by atoms with Crippen LogP contribution >= 0.6 is 36.8 Å². The molecule has 0 unspecified atom stereocenters. The number of hydrogen-bond acceptors (Lipinski definition) is 0. The van der Waals surface area contributed by atoms with Crippen LogP contribution in [0.2, 0.25) is 0 Å². The summed E-state index contributed by atoms with van der Waals surface area (Å²) in [4.78, 5) is 0. The van der Waals surface area contributed by atoms with Gasteiger partial charge in [0.15, 0.2) is 0 Å². The van der Waals surface area contributed by atoms with Crippen LogP contribution in [0.15, 0.2) is 0 Å². The Hall–Kier alpha value is 3.46. The van der Waals surface area contributed by atoms with E-state index >= 15 is 0 Å². The predicted molar refractivity (Wildman–Crippen MR) is 30.6 cm³/mol. The van der Waals surface area contributed by atoms with Crippen molar-refractivity contribution in [2.24, 2.45) is 0 Å². The van der Waals surface area contributed by atoms with Gasteiger partial charge in [-0.3, -0.25) is 0 Å². The van der Waals surface area contributed by atoms with E-state index in [0.29, 0.717) is 0 Å². The van der Waals surface area contributed by atoms with E-state index in [0.717, 1.165) is 0 Å². The third-order valence-corrected chi connectivity index (χ3v) is 0. The normalized spacial score (nSPS) is 9.50. The van der Waals surface area contributed by atoms with Gasteiger partial charge in [0.2, 0.25) is 0 Å². The molecular formula is H4AuCl4KO2.